The molecular weight excluding hydrogens is 368 g/mol. The number of carbonyl (C=O) groups is 1. The fraction of sp³-hybridized carbons (Fsp3) is 0.231. The first kappa shape index (κ1) is 18.7. The van der Waals surface area contributed by atoms with Crippen molar-refractivity contribution in [1.82, 2.24) is 9.78 Å². The van der Waals surface area contributed by atoms with E-state index in [0.29, 0.717) is 0 Å². The second kappa shape index (κ2) is 6.33. The first-order valence-corrected chi connectivity index (χ1v) is 6.36. The molecule has 0 saturated heterocycles. The maximum Gasteiger partial charge on any atom is 0.434 e. The Morgan fingerprint density at radius 1 is 1.04 bits per heavy atom. The highest BCUT2D eigenvalue weighted by atomic mass is 19.4. The number of hydrogen-bond donors (Lipinski definition) is 0. The summed E-state index contributed by atoms with van der Waals surface area (Å²) in [6.45, 7) is 0.948. The first-order chi connectivity index (χ1) is 11.5. The van der Waals surface area contributed by atoms with Crippen LogP contribution in [0.1, 0.15) is 23.0 Å². The molecule has 0 aliphatic heterocycles. The molecule has 4 nitrogen and oxygen atoms in total. The van der Waals surface area contributed by atoms with Crippen LogP contribution in [0.4, 0.5) is 35.1 Å². The number of nitrogens with zero attached hydrogens (tertiary/aromatic N) is 2. The maximum absolute atomic E-state index is 13.7. The van der Waals surface area contributed by atoms with Crippen LogP contribution in [0.3, 0.4) is 0 Å². The van der Waals surface area contributed by atoms with Crippen molar-refractivity contribution in [2.45, 2.75) is 13.1 Å². The van der Waals surface area contributed by atoms with Gasteiger partial charge in [0.2, 0.25) is 5.82 Å². The lowest BCUT2D eigenvalue weighted by molar-refractivity contribution is -0.143. The summed E-state index contributed by atoms with van der Waals surface area (Å²) in [5.41, 5.74) is -5.27. The molecule has 0 atom stereocenters. The Morgan fingerprint density at radius 2 is 1.52 bits per heavy atom. The Balaban J connectivity index is 2.85. The fourth-order valence-corrected chi connectivity index (χ4v) is 1.93. The molecule has 1 aromatic heterocycles. The minimum atomic E-state index is -5.42. The lowest BCUT2D eigenvalue weighted by Gasteiger charge is -2.14. The number of halogens is 8. The number of hydrogen-bond acceptors (Lipinski definition) is 3. The summed E-state index contributed by atoms with van der Waals surface area (Å²) in [7, 11) is 0. The van der Waals surface area contributed by atoms with E-state index in [2.05, 4.69) is 9.84 Å². The van der Waals surface area contributed by atoms with E-state index in [1.165, 1.54) is 6.92 Å². The molecule has 0 radical (unpaired) electrons. The standard InChI is InChI=1S/C13H6F8N2O2/c1-2-25-12(24)4-3-22-23(11(4)13(19,20)21)10-8(17)6(15)5(14)7(16)9(10)18/h3H,2H2,1H3. The van der Waals surface area contributed by atoms with Crippen LogP contribution in [0.5, 0.6) is 0 Å². The minimum absolute atomic E-state index is 0.249. The van der Waals surface area contributed by atoms with Crippen LogP contribution in [0.25, 0.3) is 5.69 Å². The Bertz CT molecular complexity index is 815. The van der Waals surface area contributed by atoms with Gasteiger partial charge >= 0.3 is 12.1 Å². The highest BCUT2D eigenvalue weighted by Gasteiger charge is 2.43. The third kappa shape index (κ3) is 3.03. The van der Waals surface area contributed by atoms with Crippen molar-refractivity contribution in [1.29, 1.82) is 0 Å². The van der Waals surface area contributed by atoms with Crippen molar-refractivity contribution in [3.63, 3.8) is 0 Å². The minimum Gasteiger partial charge on any atom is -0.462 e. The molecule has 2 aromatic rings. The molecule has 12 heteroatoms. The molecule has 136 valence electrons. The third-order valence-corrected chi connectivity index (χ3v) is 2.93. The summed E-state index contributed by atoms with van der Waals surface area (Å²) in [6.07, 6.45) is -5.17. The van der Waals surface area contributed by atoms with Gasteiger partial charge in [-0.3, -0.25) is 0 Å². The molecule has 25 heavy (non-hydrogen) atoms. The van der Waals surface area contributed by atoms with Gasteiger partial charge in [0, 0.05) is 0 Å². The van der Waals surface area contributed by atoms with Crippen molar-refractivity contribution in [3.05, 3.63) is 46.5 Å². The Kier molecular flexibility index (Phi) is 4.73. The molecule has 0 spiro atoms. The highest BCUT2D eigenvalue weighted by Crippen LogP contribution is 2.36. The number of benzene rings is 1. The summed E-state index contributed by atoms with van der Waals surface area (Å²) < 4.78 is 110. The zero-order valence-corrected chi connectivity index (χ0v) is 12.0. The van der Waals surface area contributed by atoms with E-state index in [1.807, 2.05) is 0 Å². The topological polar surface area (TPSA) is 44.1 Å². The smallest absolute Gasteiger partial charge is 0.434 e. The van der Waals surface area contributed by atoms with Crippen LogP contribution in [0, 0.1) is 29.1 Å². The molecule has 0 N–H and O–H groups in total. The molecule has 0 saturated carbocycles. The predicted molar refractivity (Wildman–Crippen MR) is 64.3 cm³/mol. The Morgan fingerprint density at radius 3 is 1.96 bits per heavy atom. The van der Waals surface area contributed by atoms with Gasteiger partial charge in [-0.2, -0.15) is 18.3 Å². The molecule has 0 unspecified atom stereocenters. The van der Waals surface area contributed by atoms with E-state index in [1.54, 1.807) is 0 Å². The van der Waals surface area contributed by atoms with Gasteiger partial charge < -0.3 is 4.74 Å². The largest absolute Gasteiger partial charge is 0.462 e. The number of alkyl halides is 3. The summed E-state index contributed by atoms with van der Waals surface area (Å²) in [6, 6.07) is 0. The highest BCUT2D eigenvalue weighted by molar-refractivity contribution is 5.90. The number of ether oxygens (including phenoxy) is 1. The second-order valence-electron chi connectivity index (χ2n) is 4.46. The molecule has 0 amide bonds. The van der Waals surface area contributed by atoms with E-state index >= 15 is 0 Å². The lowest BCUT2D eigenvalue weighted by Crippen LogP contribution is -2.21. The molecule has 0 aliphatic carbocycles. The molecule has 1 aromatic carbocycles. The van der Waals surface area contributed by atoms with Crippen LogP contribution in [-0.4, -0.2) is 22.4 Å². The van der Waals surface area contributed by atoms with Gasteiger partial charge in [-0.1, -0.05) is 0 Å². The first-order valence-electron chi connectivity index (χ1n) is 6.36. The van der Waals surface area contributed by atoms with Gasteiger partial charge in [-0.05, 0) is 6.92 Å². The fourth-order valence-electron chi connectivity index (χ4n) is 1.93. The molecule has 0 aliphatic rings. The molecular formula is C13H6F8N2O2. The quantitative estimate of drug-likeness (QED) is 0.356. The molecule has 0 fully saturated rings. The molecule has 1 heterocycles. The zero-order valence-electron chi connectivity index (χ0n) is 12.0. The van der Waals surface area contributed by atoms with E-state index in [9.17, 15) is 39.9 Å². The average molecular weight is 374 g/mol. The third-order valence-electron chi connectivity index (χ3n) is 2.93. The number of esters is 1. The van der Waals surface area contributed by atoms with Crippen molar-refractivity contribution in [2.24, 2.45) is 0 Å². The van der Waals surface area contributed by atoms with Crippen LogP contribution >= 0.6 is 0 Å². The normalized spacial score (nSPS) is 11.7. The van der Waals surface area contributed by atoms with Crippen LogP contribution in [0.15, 0.2) is 6.20 Å². The van der Waals surface area contributed by atoms with Gasteiger partial charge in [0.15, 0.2) is 29.0 Å². The van der Waals surface area contributed by atoms with Crippen molar-refractivity contribution >= 4 is 5.97 Å². The Labute approximate surface area is 133 Å². The number of rotatable bonds is 3. The number of carbonyl (C=O) groups excluding carboxylic acids is 1. The maximum atomic E-state index is 13.7. The van der Waals surface area contributed by atoms with Gasteiger partial charge in [0.05, 0.1) is 12.8 Å². The van der Waals surface area contributed by atoms with E-state index in [4.69, 9.17) is 0 Å². The second-order valence-corrected chi connectivity index (χ2v) is 4.46. The van der Waals surface area contributed by atoms with Crippen molar-refractivity contribution < 1.29 is 44.7 Å². The van der Waals surface area contributed by atoms with Gasteiger partial charge in [0.1, 0.15) is 11.3 Å². The van der Waals surface area contributed by atoms with E-state index in [-0.39, 0.29) is 12.8 Å². The van der Waals surface area contributed by atoms with Crippen LogP contribution in [0.2, 0.25) is 0 Å². The SMILES string of the molecule is CCOC(=O)c1cnn(-c2c(F)c(F)c(F)c(F)c2F)c1C(F)(F)F. The van der Waals surface area contributed by atoms with Gasteiger partial charge in [-0.25, -0.2) is 31.4 Å². The van der Waals surface area contributed by atoms with E-state index in [0.717, 1.165) is 0 Å². The molecule has 0 bridgehead atoms. The van der Waals surface area contributed by atoms with Crippen LogP contribution in [-0.2, 0) is 10.9 Å². The summed E-state index contributed by atoms with van der Waals surface area (Å²) in [5.74, 6) is -14.1. The van der Waals surface area contributed by atoms with Crippen LogP contribution < -0.4 is 0 Å². The predicted octanol–water partition coefficient (Wildman–Crippen LogP) is 3.76. The summed E-state index contributed by atoms with van der Waals surface area (Å²) >= 11 is 0. The van der Waals surface area contributed by atoms with Crippen molar-refractivity contribution in [2.75, 3.05) is 6.61 Å². The average Bonchev–Trinajstić information content (AvgIpc) is 2.96. The Hall–Kier alpha value is -2.66. The van der Waals surface area contributed by atoms with E-state index < -0.39 is 62.9 Å². The summed E-state index contributed by atoms with van der Waals surface area (Å²) in [5, 5.41) is 2.95. The lowest BCUT2D eigenvalue weighted by atomic mass is 10.2. The zero-order chi connectivity index (χ0) is 19.1. The summed E-state index contributed by atoms with van der Waals surface area (Å²) in [4.78, 5) is 11.5. The van der Waals surface area contributed by atoms with Gasteiger partial charge in [0.25, 0.3) is 0 Å². The monoisotopic (exact) mass is 374 g/mol. The number of aromatic nitrogens is 2. The van der Waals surface area contributed by atoms with Crippen molar-refractivity contribution in [3.8, 4) is 5.69 Å². The van der Waals surface area contributed by atoms with Gasteiger partial charge in [-0.15, -0.1) is 0 Å². The molecule has 2 rings (SSSR count).